The summed E-state index contributed by atoms with van der Waals surface area (Å²) < 4.78 is 0. The summed E-state index contributed by atoms with van der Waals surface area (Å²) in [5, 5.41) is 4.27. The van der Waals surface area contributed by atoms with Gasteiger partial charge in [-0.2, -0.15) is 0 Å². The third kappa shape index (κ3) is 4.99. The first-order valence-electron chi connectivity index (χ1n) is 6.52. The number of ketones is 1. The summed E-state index contributed by atoms with van der Waals surface area (Å²) in [6.07, 6.45) is 1.74. The fourth-order valence-corrected chi connectivity index (χ4v) is 2.21. The highest BCUT2D eigenvalue weighted by molar-refractivity contribution is 7.12. The van der Waals surface area contributed by atoms with Gasteiger partial charge in [0.25, 0.3) is 0 Å². The van der Waals surface area contributed by atoms with Crippen molar-refractivity contribution in [2.75, 3.05) is 0 Å². The average Bonchev–Trinajstić information content (AvgIpc) is 3.11. The lowest BCUT2D eigenvalue weighted by atomic mass is 10.2. The third-order valence-electron chi connectivity index (χ3n) is 2.81. The normalized spacial score (nSPS) is 13.3. The van der Waals surface area contributed by atoms with E-state index >= 15 is 0 Å². The highest BCUT2D eigenvalue weighted by atomic mass is 32.1. The van der Waals surface area contributed by atoms with E-state index in [0.29, 0.717) is 4.88 Å². The summed E-state index contributed by atoms with van der Waals surface area (Å²) >= 11 is 1.31. The van der Waals surface area contributed by atoms with E-state index in [1.165, 1.54) is 11.3 Å². The number of rotatable bonds is 5. The molecule has 0 bridgehead atoms. The van der Waals surface area contributed by atoms with Crippen molar-refractivity contribution in [3.63, 3.8) is 0 Å². The van der Waals surface area contributed by atoms with E-state index in [-0.39, 0.29) is 24.7 Å². The molecule has 1 aliphatic carbocycles. The average molecular weight is 309 g/mol. The minimum absolute atomic E-state index is 0.0521. The third-order valence-corrected chi connectivity index (χ3v) is 3.72. The lowest BCUT2D eigenvalue weighted by Crippen LogP contribution is -2.49. The largest absolute Gasteiger partial charge is 0.345 e. The van der Waals surface area contributed by atoms with Gasteiger partial charge >= 0.3 is 11.8 Å². The number of carbonyl (C=O) groups is 4. The molecule has 7 nitrogen and oxygen atoms in total. The molecule has 2 rings (SSSR count). The van der Waals surface area contributed by atoms with E-state index < -0.39 is 17.7 Å². The van der Waals surface area contributed by atoms with Gasteiger partial charge in [0.1, 0.15) is 0 Å². The Labute approximate surface area is 125 Å². The van der Waals surface area contributed by atoms with Crippen LogP contribution < -0.4 is 16.2 Å². The van der Waals surface area contributed by atoms with Gasteiger partial charge in [0.15, 0.2) is 5.78 Å². The van der Waals surface area contributed by atoms with Gasteiger partial charge < -0.3 is 5.32 Å². The second-order valence-electron chi connectivity index (χ2n) is 4.65. The monoisotopic (exact) mass is 309 g/mol. The number of hydrogen-bond acceptors (Lipinski definition) is 5. The van der Waals surface area contributed by atoms with Gasteiger partial charge in [0.05, 0.1) is 4.88 Å². The number of carbonyl (C=O) groups excluding carboxylic acids is 4. The molecule has 0 saturated heterocycles. The summed E-state index contributed by atoms with van der Waals surface area (Å²) in [5.41, 5.74) is 4.12. The molecule has 3 amide bonds. The number of thiophene rings is 1. The SMILES string of the molecule is O=C(CCC(=O)c1cccs1)NNC(=O)C(=O)NC1CC1. The molecule has 0 spiro atoms. The predicted octanol–water partition coefficient (Wildman–Crippen LogP) is 0.137. The first-order valence-corrected chi connectivity index (χ1v) is 7.40. The summed E-state index contributed by atoms with van der Waals surface area (Å²) in [7, 11) is 0. The molecule has 0 aliphatic heterocycles. The van der Waals surface area contributed by atoms with Crippen molar-refractivity contribution in [3.8, 4) is 0 Å². The molecule has 8 heteroatoms. The molecular weight excluding hydrogens is 294 g/mol. The highest BCUT2D eigenvalue weighted by Gasteiger charge is 2.26. The topological polar surface area (TPSA) is 104 Å². The van der Waals surface area contributed by atoms with Crippen LogP contribution in [-0.4, -0.2) is 29.5 Å². The van der Waals surface area contributed by atoms with Crippen LogP contribution in [0, 0.1) is 0 Å². The summed E-state index contributed by atoms with van der Waals surface area (Å²) in [4.78, 5) is 46.4. The van der Waals surface area contributed by atoms with Crippen LogP contribution in [0.3, 0.4) is 0 Å². The fraction of sp³-hybridized carbons (Fsp3) is 0.385. The maximum absolute atomic E-state index is 11.7. The van der Waals surface area contributed by atoms with Crippen LogP contribution in [-0.2, 0) is 14.4 Å². The van der Waals surface area contributed by atoms with Gasteiger partial charge in [-0.1, -0.05) is 6.07 Å². The second kappa shape index (κ2) is 6.98. The van der Waals surface area contributed by atoms with E-state index in [2.05, 4.69) is 10.7 Å². The van der Waals surface area contributed by atoms with E-state index in [1.54, 1.807) is 17.5 Å². The van der Waals surface area contributed by atoms with Gasteiger partial charge in [0.2, 0.25) is 5.91 Å². The number of hydrazine groups is 1. The standard InChI is InChI=1S/C13H15N3O4S/c17-9(10-2-1-7-21-10)5-6-11(18)15-16-13(20)12(19)14-8-3-4-8/h1-2,7-8H,3-6H2,(H,14,19)(H,15,18)(H,16,20). The Morgan fingerprint density at radius 2 is 1.86 bits per heavy atom. The molecule has 1 fully saturated rings. The maximum Gasteiger partial charge on any atom is 0.327 e. The zero-order valence-electron chi connectivity index (χ0n) is 11.2. The van der Waals surface area contributed by atoms with Crippen LogP contribution in [0.25, 0.3) is 0 Å². The van der Waals surface area contributed by atoms with Crippen LogP contribution in [0.1, 0.15) is 35.4 Å². The van der Waals surface area contributed by atoms with Crippen molar-refractivity contribution in [1.82, 2.24) is 16.2 Å². The second-order valence-corrected chi connectivity index (χ2v) is 5.60. The molecule has 0 aromatic carbocycles. The molecule has 21 heavy (non-hydrogen) atoms. The van der Waals surface area contributed by atoms with Gasteiger partial charge in [0, 0.05) is 18.9 Å². The number of nitrogens with one attached hydrogen (secondary N) is 3. The van der Waals surface area contributed by atoms with Crippen molar-refractivity contribution in [1.29, 1.82) is 0 Å². The summed E-state index contributed by atoms with van der Waals surface area (Å²) in [5.74, 6) is -2.34. The zero-order chi connectivity index (χ0) is 15.2. The van der Waals surface area contributed by atoms with E-state index in [0.717, 1.165) is 12.8 Å². The molecule has 0 atom stereocenters. The molecule has 112 valence electrons. The molecular formula is C13H15N3O4S. The Kier molecular flexibility index (Phi) is 5.04. The molecule has 1 aromatic rings. The van der Waals surface area contributed by atoms with E-state index in [4.69, 9.17) is 0 Å². The molecule has 3 N–H and O–H groups in total. The Morgan fingerprint density at radius 1 is 1.10 bits per heavy atom. The van der Waals surface area contributed by atoms with Crippen LogP contribution in [0.4, 0.5) is 0 Å². The Morgan fingerprint density at radius 3 is 2.48 bits per heavy atom. The van der Waals surface area contributed by atoms with Crippen LogP contribution in [0.5, 0.6) is 0 Å². The quantitative estimate of drug-likeness (QED) is 0.409. The van der Waals surface area contributed by atoms with E-state index in [1.807, 2.05) is 5.43 Å². The summed E-state index contributed by atoms with van der Waals surface area (Å²) in [6.45, 7) is 0. The van der Waals surface area contributed by atoms with Gasteiger partial charge in [-0.15, -0.1) is 11.3 Å². The van der Waals surface area contributed by atoms with Crippen molar-refractivity contribution in [3.05, 3.63) is 22.4 Å². The lowest BCUT2D eigenvalue weighted by Gasteiger charge is -2.06. The van der Waals surface area contributed by atoms with Crippen molar-refractivity contribution >= 4 is 34.8 Å². The number of hydrogen-bond donors (Lipinski definition) is 3. The van der Waals surface area contributed by atoms with Crippen LogP contribution >= 0.6 is 11.3 Å². The van der Waals surface area contributed by atoms with E-state index in [9.17, 15) is 19.2 Å². The summed E-state index contributed by atoms with van der Waals surface area (Å²) in [6, 6.07) is 3.52. The predicted molar refractivity (Wildman–Crippen MR) is 75.3 cm³/mol. The minimum Gasteiger partial charge on any atom is -0.345 e. The van der Waals surface area contributed by atoms with Crippen LogP contribution in [0.15, 0.2) is 17.5 Å². The van der Waals surface area contributed by atoms with Crippen LogP contribution in [0.2, 0.25) is 0 Å². The van der Waals surface area contributed by atoms with Crippen molar-refractivity contribution in [2.45, 2.75) is 31.7 Å². The lowest BCUT2D eigenvalue weighted by molar-refractivity contribution is -0.141. The number of Topliss-reactive ketones (excluding diaryl/α,β-unsaturated/α-hetero) is 1. The maximum atomic E-state index is 11.7. The molecule has 1 saturated carbocycles. The van der Waals surface area contributed by atoms with Gasteiger partial charge in [-0.3, -0.25) is 30.0 Å². The first kappa shape index (κ1) is 15.2. The smallest absolute Gasteiger partial charge is 0.327 e. The molecule has 0 unspecified atom stereocenters. The molecule has 1 aromatic heterocycles. The van der Waals surface area contributed by atoms with Crippen molar-refractivity contribution in [2.24, 2.45) is 0 Å². The minimum atomic E-state index is -0.917. The molecule has 0 radical (unpaired) electrons. The van der Waals surface area contributed by atoms with Crippen molar-refractivity contribution < 1.29 is 19.2 Å². The highest BCUT2D eigenvalue weighted by Crippen LogP contribution is 2.18. The van der Waals surface area contributed by atoms with Gasteiger partial charge in [-0.25, -0.2) is 0 Å². The van der Waals surface area contributed by atoms with Gasteiger partial charge in [-0.05, 0) is 24.3 Å². The first-order chi connectivity index (χ1) is 10.1. The fourth-order valence-electron chi connectivity index (χ4n) is 1.51. The Hall–Kier alpha value is -2.22. The Bertz CT molecular complexity index is 552. The Balaban J connectivity index is 1.63. The zero-order valence-corrected chi connectivity index (χ0v) is 12.0. The number of amides is 3. The molecule has 1 heterocycles. The molecule has 1 aliphatic rings.